The van der Waals surface area contributed by atoms with Crippen molar-refractivity contribution >= 4 is 34.3 Å². The Morgan fingerprint density at radius 1 is 0.652 bits per heavy atom. The Bertz CT molecular complexity index is 742. The molecule has 0 heterocycles. The first-order valence-electron chi connectivity index (χ1n) is 7.15. The molecule has 0 saturated carbocycles. The zero-order valence-corrected chi connectivity index (χ0v) is 15.1. The molecule has 0 bridgehead atoms. The van der Waals surface area contributed by atoms with Gasteiger partial charge in [-0.3, -0.25) is 4.21 Å². The Morgan fingerprint density at radius 2 is 1.09 bits per heavy atom. The molecule has 3 rings (SSSR count). The van der Waals surface area contributed by atoms with Gasteiger partial charge in [0.25, 0.3) is 0 Å². The minimum absolute atomic E-state index is 0.865. The molecular formula is C19H16OS3. The molecule has 116 valence electrons. The summed E-state index contributed by atoms with van der Waals surface area (Å²) in [6, 6.07) is 26.7. The summed E-state index contributed by atoms with van der Waals surface area (Å²) in [6.45, 7) is 0. The van der Waals surface area contributed by atoms with Gasteiger partial charge in [0.15, 0.2) is 0 Å². The summed E-state index contributed by atoms with van der Waals surface area (Å²) in [5.41, 5.74) is 0. The lowest BCUT2D eigenvalue weighted by Crippen LogP contribution is -1.89. The van der Waals surface area contributed by atoms with E-state index in [2.05, 4.69) is 30.3 Å². The van der Waals surface area contributed by atoms with Gasteiger partial charge >= 0.3 is 0 Å². The van der Waals surface area contributed by atoms with Gasteiger partial charge in [-0.2, -0.15) is 0 Å². The van der Waals surface area contributed by atoms with Gasteiger partial charge in [0.2, 0.25) is 0 Å². The van der Waals surface area contributed by atoms with Crippen molar-refractivity contribution in [2.45, 2.75) is 24.5 Å². The van der Waals surface area contributed by atoms with Crippen LogP contribution in [-0.4, -0.2) is 10.5 Å². The molecule has 3 aromatic rings. The Kier molecular flexibility index (Phi) is 5.60. The third kappa shape index (κ3) is 4.74. The first-order chi connectivity index (χ1) is 11.2. The molecule has 0 saturated heterocycles. The molecule has 0 fully saturated rings. The fraction of sp³-hybridized carbons (Fsp3) is 0.0526. The summed E-state index contributed by atoms with van der Waals surface area (Å²) >= 11 is 3.39. The van der Waals surface area contributed by atoms with Crippen molar-refractivity contribution < 1.29 is 4.21 Å². The van der Waals surface area contributed by atoms with E-state index in [4.69, 9.17) is 0 Å². The van der Waals surface area contributed by atoms with E-state index in [1.54, 1.807) is 29.8 Å². The van der Waals surface area contributed by atoms with E-state index in [1.807, 2.05) is 48.5 Å². The molecule has 0 spiro atoms. The average molecular weight is 357 g/mol. The first kappa shape index (κ1) is 16.4. The Balaban J connectivity index is 1.91. The van der Waals surface area contributed by atoms with Crippen molar-refractivity contribution in [2.24, 2.45) is 0 Å². The standard InChI is InChI=1S/C19H16OS3/c1-23(20)19-13-17(21-15-8-4-2-5-9-15)12-18(14-19)22-16-10-6-3-7-11-16/h2-14H,1H3. The van der Waals surface area contributed by atoms with E-state index in [0.717, 1.165) is 14.7 Å². The minimum Gasteiger partial charge on any atom is -0.255 e. The Hall–Kier alpha value is -1.49. The van der Waals surface area contributed by atoms with Crippen LogP contribution in [0.5, 0.6) is 0 Å². The van der Waals surface area contributed by atoms with Crippen molar-refractivity contribution in [2.75, 3.05) is 6.26 Å². The van der Waals surface area contributed by atoms with Crippen LogP contribution in [0, 0.1) is 0 Å². The summed E-state index contributed by atoms with van der Waals surface area (Å²) < 4.78 is 11.9. The largest absolute Gasteiger partial charge is 0.255 e. The maximum absolute atomic E-state index is 11.9. The molecule has 23 heavy (non-hydrogen) atoms. The molecule has 1 nitrogen and oxygen atoms in total. The maximum atomic E-state index is 11.9. The third-order valence-electron chi connectivity index (χ3n) is 3.14. The molecule has 0 aliphatic rings. The maximum Gasteiger partial charge on any atom is 0.0498 e. The van der Waals surface area contributed by atoms with Gasteiger partial charge in [-0.25, -0.2) is 0 Å². The summed E-state index contributed by atoms with van der Waals surface area (Å²) in [5.74, 6) is 0. The molecule has 0 aromatic heterocycles. The van der Waals surface area contributed by atoms with E-state index in [0.29, 0.717) is 0 Å². The van der Waals surface area contributed by atoms with E-state index in [1.165, 1.54) is 9.79 Å². The molecular weight excluding hydrogens is 340 g/mol. The van der Waals surface area contributed by atoms with Gasteiger partial charge in [0, 0.05) is 41.5 Å². The fourth-order valence-corrected chi connectivity index (χ4v) is 4.76. The van der Waals surface area contributed by atoms with Crippen LogP contribution in [0.4, 0.5) is 0 Å². The highest BCUT2D eigenvalue weighted by Crippen LogP contribution is 2.35. The lowest BCUT2D eigenvalue weighted by atomic mass is 10.3. The second-order valence-corrected chi connectivity index (χ2v) is 8.60. The molecule has 0 amide bonds. The molecule has 0 radical (unpaired) electrons. The number of hydrogen-bond acceptors (Lipinski definition) is 3. The van der Waals surface area contributed by atoms with Crippen LogP contribution in [0.2, 0.25) is 0 Å². The first-order valence-corrected chi connectivity index (χ1v) is 10.3. The quantitative estimate of drug-likeness (QED) is 0.581. The summed E-state index contributed by atoms with van der Waals surface area (Å²) in [5, 5.41) is 0. The Morgan fingerprint density at radius 3 is 1.48 bits per heavy atom. The van der Waals surface area contributed by atoms with Crippen LogP contribution >= 0.6 is 23.5 Å². The van der Waals surface area contributed by atoms with Crippen molar-refractivity contribution in [1.82, 2.24) is 0 Å². The average Bonchev–Trinajstić information content (AvgIpc) is 2.56. The molecule has 3 aromatic carbocycles. The van der Waals surface area contributed by atoms with E-state index in [9.17, 15) is 4.21 Å². The van der Waals surface area contributed by atoms with Crippen LogP contribution in [0.15, 0.2) is 103 Å². The zero-order valence-electron chi connectivity index (χ0n) is 12.6. The second-order valence-electron chi connectivity index (χ2n) is 4.92. The smallest absolute Gasteiger partial charge is 0.0498 e. The van der Waals surface area contributed by atoms with E-state index >= 15 is 0 Å². The highest BCUT2D eigenvalue weighted by Gasteiger charge is 2.07. The predicted molar refractivity (Wildman–Crippen MR) is 99.9 cm³/mol. The van der Waals surface area contributed by atoms with Crippen LogP contribution in [0.3, 0.4) is 0 Å². The third-order valence-corrected chi connectivity index (χ3v) is 6.00. The zero-order chi connectivity index (χ0) is 16.1. The van der Waals surface area contributed by atoms with E-state index < -0.39 is 10.8 Å². The van der Waals surface area contributed by atoms with Gasteiger partial charge < -0.3 is 0 Å². The van der Waals surface area contributed by atoms with Crippen molar-refractivity contribution in [3.05, 3.63) is 78.9 Å². The SMILES string of the molecule is CS(=O)c1cc(Sc2ccccc2)cc(Sc2ccccc2)c1. The van der Waals surface area contributed by atoms with Gasteiger partial charge in [-0.1, -0.05) is 59.9 Å². The van der Waals surface area contributed by atoms with Crippen LogP contribution in [0.25, 0.3) is 0 Å². The van der Waals surface area contributed by atoms with Gasteiger partial charge in [0.1, 0.15) is 0 Å². The number of benzene rings is 3. The number of hydrogen-bond donors (Lipinski definition) is 0. The van der Waals surface area contributed by atoms with Crippen LogP contribution in [0.1, 0.15) is 0 Å². The van der Waals surface area contributed by atoms with Crippen LogP contribution < -0.4 is 0 Å². The molecule has 0 N–H and O–H groups in total. The molecule has 1 atom stereocenters. The van der Waals surface area contributed by atoms with Crippen LogP contribution in [-0.2, 0) is 10.8 Å². The van der Waals surface area contributed by atoms with E-state index in [-0.39, 0.29) is 0 Å². The van der Waals surface area contributed by atoms with Crippen molar-refractivity contribution in [3.8, 4) is 0 Å². The van der Waals surface area contributed by atoms with Gasteiger partial charge in [-0.05, 0) is 42.5 Å². The summed E-state index contributed by atoms with van der Waals surface area (Å²) in [7, 11) is -0.992. The van der Waals surface area contributed by atoms with Crippen molar-refractivity contribution in [1.29, 1.82) is 0 Å². The highest BCUT2D eigenvalue weighted by molar-refractivity contribution is 8.00. The predicted octanol–water partition coefficient (Wildman–Crippen LogP) is 5.73. The fourth-order valence-electron chi connectivity index (χ4n) is 2.08. The lowest BCUT2D eigenvalue weighted by molar-refractivity contribution is 0.686. The van der Waals surface area contributed by atoms with Gasteiger partial charge in [-0.15, -0.1) is 0 Å². The molecule has 1 unspecified atom stereocenters. The summed E-state index contributed by atoms with van der Waals surface area (Å²) in [6.07, 6.45) is 1.73. The molecule has 0 aliphatic heterocycles. The second kappa shape index (κ2) is 7.86. The van der Waals surface area contributed by atoms with Crippen molar-refractivity contribution in [3.63, 3.8) is 0 Å². The molecule has 0 aliphatic carbocycles. The summed E-state index contributed by atoms with van der Waals surface area (Å²) in [4.78, 5) is 5.46. The topological polar surface area (TPSA) is 17.1 Å². The number of rotatable bonds is 5. The minimum atomic E-state index is -0.992. The highest BCUT2D eigenvalue weighted by atomic mass is 32.2. The monoisotopic (exact) mass is 356 g/mol. The lowest BCUT2D eigenvalue weighted by Gasteiger charge is -2.08. The van der Waals surface area contributed by atoms with Gasteiger partial charge in [0.05, 0.1) is 0 Å². The molecule has 4 heteroatoms. The Labute approximate surface area is 148 Å². The normalized spacial score (nSPS) is 12.0.